The van der Waals surface area contributed by atoms with E-state index in [2.05, 4.69) is 17.6 Å². The number of unbranched alkanes of at least 4 members (excludes halogenated alkanes) is 3. The fraction of sp³-hybridized carbons (Fsp3) is 0.625. The molecule has 2 unspecified atom stereocenters. The average Bonchev–Trinajstić information content (AvgIpc) is 2.76. The summed E-state index contributed by atoms with van der Waals surface area (Å²) in [4.78, 5) is 39.8. The summed E-state index contributed by atoms with van der Waals surface area (Å²) in [6.45, 7) is 7.02. The Balaban J connectivity index is 2.00. The van der Waals surface area contributed by atoms with E-state index in [1.807, 2.05) is 0 Å². The van der Waals surface area contributed by atoms with Crippen LogP contribution in [0.4, 0.5) is 8.78 Å². The van der Waals surface area contributed by atoms with Crippen LogP contribution in [0.2, 0.25) is 0 Å². The number of benzene rings is 1. The van der Waals surface area contributed by atoms with Gasteiger partial charge in [-0.05, 0) is 37.3 Å². The smallest absolute Gasteiger partial charge is 0.257 e. The highest BCUT2D eigenvalue weighted by molar-refractivity contribution is 5.98. The summed E-state index contributed by atoms with van der Waals surface area (Å²) in [6.07, 6.45) is 5.66. The van der Waals surface area contributed by atoms with Crippen LogP contribution in [0.15, 0.2) is 18.2 Å². The molecule has 0 aliphatic carbocycles. The van der Waals surface area contributed by atoms with E-state index >= 15 is 0 Å². The molecule has 3 amide bonds. The summed E-state index contributed by atoms with van der Waals surface area (Å²) >= 11 is 0. The first-order valence-electron chi connectivity index (χ1n) is 11.6. The number of likely N-dealkylation sites (tertiary alicyclic amines) is 1. The zero-order valence-corrected chi connectivity index (χ0v) is 19.3. The summed E-state index contributed by atoms with van der Waals surface area (Å²) in [5.74, 6) is -3.92. The standard InChI is InChI=1S/C24H35F2N3O3/c1-4-5-6-7-13-27-22(30)17-10-9-14-29(15-17)24(32)21(16(2)3)28-23(31)20-18(25)11-8-12-19(20)26/h8,11-12,16-17,21H,4-7,9-10,13-15H2,1-3H3,(H,27,30)(H,28,31). The molecule has 1 aromatic rings. The number of hydrogen-bond acceptors (Lipinski definition) is 3. The first kappa shape index (κ1) is 25.7. The largest absolute Gasteiger partial charge is 0.356 e. The van der Waals surface area contributed by atoms with Crippen molar-refractivity contribution in [2.75, 3.05) is 19.6 Å². The van der Waals surface area contributed by atoms with Crippen molar-refractivity contribution < 1.29 is 23.2 Å². The lowest BCUT2D eigenvalue weighted by molar-refractivity contribution is -0.138. The van der Waals surface area contributed by atoms with Gasteiger partial charge in [0.1, 0.15) is 23.2 Å². The Bertz CT molecular complexity index is 780. The Morgan fingerprint density at radius 1 is 1.12 bits per heavy atom. The molecule has 1 saturated heterocycles. The Morgan fingerprint density at radius 2 is 1.81 bits per heavy atom. The zero-order chi connectivity index (χ0) is 23.7. The zero-order valence-electron chi connectivity index (χ0n) is 19.3. The molecule has 1 aromatic carbocycles. The molecule has 0 bridgehead atoms. The molecule has 2 atom stereocenters. The third-order valence-corrected chi connectivity index (χ3v) is 5.84. The minimum Gasteiger partial charge on any atom is -0.356 e. The summed E-state index contributed by atoms with van der Waals surface area (Å²) in [6, 6.07) is 2.23. The van der Waals surface area contributed by atoms with Gasteiger partial charge in [-0.15, -0.1) is 0 Å². The van der Waals surface area contributed by atoms with Gasteiger partial charge in [-0.2, -0.15) is 0 Å². The second kappa shape index (κ2) is 12.5. The molecule has 2 N–H and O–H groups in total. The van der Waals surface area contributed by atoms with Crippen LogP contribution >= 0.6 is 0 Å². The minimum atomic E-state index is -0.980. The van der Waals surface area contributed by atoms with E-state index in [1.54, 1.807) is 18.7 Å². The van der Waals surface area contributed by atoms with Gasteiger partial charge in [0.05, 0.1) is 5.92 Å². The highest BCUT2D eigenvalue weighted by Crippen LogP contribution is 2.20. The second-order valence-corrected chi connectivity index (χ2v) is 8.77. The Hall–Kier alpha value is -2.51. The van der Waals surface area contributed by atoms with Crippen molar-refractivity contribution in [2.24, 2.45) is 11.8 Å². The van der Waals surface area contributed by atoms with E-state index in [0.717, 1.165) is 37.8 Å². The number of carbonyl (C=O) groups excluding carboxylic acids is 3. The summed E-state index contributed by atoms with van der Waals surface area (Å²) < 4.78 is 28.0. The van der Waals surface area contributed by atoms with E-state index in [9.17, 15) is 23.2 Å². The number of halogens is 2. The predicted molar refractivity (Wildman–Crippen MR) is 119 cm³/mol. The molecule has 0 spiro atoms. The molecule has 6 nitrogen and oxygen atoms in total. The fourth-order valence-electron chi connectivity index (χ4n) is 3.94. The van der Waals surface area contributed by atoms with Crippen molar-refractivity contribution in [3.8, 4) is 0 Å². The van der Waals surface area contributed by atoms with Gasteiger partial charge in [-0.3, -0.25) is 14.4 Å². The number of amides is 3. The molecule has 0 radical (unpaired) electrons. The van der Waals surface area contributed by atoms with Crippen molar-refractivity contribution in [3.05, 3.63) is 35.4 Å². The predicted octanol–water partition coefficient (Wildman–Crippen LogP) is 3.65. The number of piperidine rings is 1. The maximum atomic E-state index is 14.0. The van der Waals surface area contributed by atoms with Crippen molar-refractivity contribution in [1.29, 1.82) is 0 Å². The van der Waals surface area contributed by atoms with Gasteiger partial charge in [0.2, 0.25) is 11.8 Å². The van der Waals surface area contributed by atoms with E-state index < -0.39 is 29.1 Å². The Kier molecular flexibility index (Phi) is 10.1. The maximum Gasteiger partial charge on any atom is 0.257 e. The fourth-order valence-corrected chi connectivity index (χ4v) is 3.94. The third kappa shape index (κ3) is 7.00. The van der Waals surface area contributed by atoms with Gasteiger partial charge in [0.25, 0.3) is 5.91 Å². The molecule has 1 aliphatic heterocycles. The number of nitrogens with one attached hydrogen (secondary N) is 2. The molecule has 178 valence electrons. The highest BCUT2D eigenvalue weighted by Gasteiger charge is 2.34. The van der Waals surface area contributed by atoms with Crippen LogP contribution in [0.25, 0.3) is 0 Å². The molecule has 0 saturated carbocycles. The SMILES string of the molecule is CCCCCCNC(=O)C1CCCN(C(=O)C(NC(=O)c2c(F)cccc2F)C(C)C)C1. The van der Waals surface area contributed by atoms with E-state index in [-0.39, 0.29) is 30.2 Å². The van der Waals surface area contributed by atoms with Crippen LogP contribution in [0.5, 0.6) is 0 Å². The molecular formula is C24H35F2N3O3. The molecule has 1 aliphatic rings. The monoisotopic (exact) mass is 451 g/mol. The lowest BCUT2D eigenvalue weighted by Gasteiger charge is -2.35. The van der Waals surface area contributed by atoms with Crippen LogP contribution in [0.1, 0.15) is 69.7 Å². The van der Waals surface area contributed by atoms with Crippen LogP contribution in [-0.2, 0) is 9.59 Å². The molecule has 32 heavy (non-hydrogen) atoms. The number of carbonyl (C=O) groups is 3. The van der Waals surface area contributed by atoms with Gasteiger partial charge >= 0.3 is 0 Å². The Labute approximate surface area is 189 Å². The quantitative estimate of drug-likeness (QED) is 0.533. The second-order valence-electron chi connectivity index (χ2n) is 8.77. The van der Waals surface area contributed by atoms with Crippen molar-refractivity contribution >= 4 is 17.7 Å². The van der Waals surface area contributed by atoms with Crippen LogP contribution < -0.4 is 10.6 Å². The molecule has 1 heterocycles. The van der Waals surface area contributed by atoms with Gasteiger partial charge in [-0.1, -0.05) is 46.1 Å². The highest BCUT2D eigenvalue weighted by atomic mass is 19.1. The van der Waals surface area contributed by atoms with E-state index in [1.165, 1.54) is 6.07 Å². The van der Waals surface area contributed by atoms with Gasteiger partial charge in [-0.25, -0.2) is 8.78 Å². The summed E-state index contributed by atoms with van der Waals surface area (Å²) in [5.41, 5.74) is -0.704. The molecular weight excluding hydrogens is 416 g/mol. The van der Waals surface area contributed by atoms with Gasteiger partial charge in [0, 0.05) is 19.6 Å². The maximum absolute atomic E-state index is 14.0. The van der Waals surface area contributed by atoms with Crippen LogP contribution in [0, 0.1) is 23.5 Å². The first-order valence-corrected chi connectivity index (χ1v) is 11.6. The summed E-state index contributed by atoms with van der Waals surface area (Å²) in [5, 5.41) is 5.46. The third-order valence-electron chi connectivity index (χ3n) is 5.84. The van der Waals surface area contributed by atoms with Crippen LogP contribution in [0.3, 0.4) is 0 Å². The van der Waals surface area contributed by atoms with Gasteiger partial charge in [0.15, 0.2) is 0 Å². The van der Waals surface area contributed by atoms with Crippen molar-refractivity contribution in [2.45, 2.75) is 65.3 Å². The molecule has 0 aromatic heterocycles. The number of nitrogens with zero attached hydrogens (tertiary/aromatic N) is 1. The minimum absolute atomic E-state index is 0.0578. The van der Waals surface area contributed by atoms with E-state index in [0.29, 0.717) is 25.9 Å². The van der Waals surface area contributed by atoms with Crippen molar-refractivity contribution in [3.63, 3.8) is 0 Å². The molecule has 8 heteroatoms. The Morgan fingerprint density at radius 3 is 2.44 bits per heavy atom. The van der Waals surface area contributed by atoms with Crippen molar-refractivity contribution in [1.82, 2.24) is 15.5 Å². The topological polar surface area (TPSA) is 78.5 Å². The van der Waals surface area contributed by atoms with E-state index in [4.69, 9.17) is 0 Å². The first-order chi connectivity index (χ1) is 15.3. The molecule has 1 fully saturated rings. The lowest BCUT2D eigenvalue weighted by Crippen LogP contribution is -2.54. The van der Waals surface area contributed by atoms with Gasteiger partial charge < -0.3 is 15.5 Å². The molecule has 2 rings (SSSR count). The van der Waals surface area contributed by atoms with Crippen LogP contribution in [-0.4, -0.2) is 48.3 Å². The summed E-state index contributed by atoms with van der Waals surface area (Å²) in [7, 11) is 0. The lowest BCUT2D eigenvalue weighted by atomic mass is 9.94. The normalized spacial score (nSPS) is 17.2. The number of rotatable bonds is 10. The average molecular weight is 452 g/mol. The number of hydrogen-bond donors (Lipinski definition) is 2.